The molecule has 1 fully saturated rings. The van der Waals surface area contributed by atoms with E-state index in [9.17, 15) is 0 Å². The van der Waals surface area contributed by atoms with Gasteiger partial charge >= 0.3 is 0 Å². The van der Waals surface area contributed by atoms with Crippen LogP contribution in [0.25, 0.3) is 0 Å². The van der Waals surface area contributed by atoms with Crippen molar-refractivity contribution in [3.05, 3.63) is 11.6 Å². The van der Waals surface area contributed by atoms with Crippen LogP contribution in [0.5, 0.6) is 0 Å². The van der Waals surface area contributed by atoms with Crippen molar-refractivity contribution < 1.29 is 9.47 Å². The number of rotatable bonds is 7. The topological polar surface area (TPSA) is 18.5 Å². The fraction of sp³-hybridized carbons (Fsp3) is 0.846. The summed E-state index contributed by atoms with van der Waals surface area (Å²) in [5.41, 5.74) is 1.33. The second-order valence-corrected chi connectivity index (χ2v) is 9.87. The van der Waals surface area contributed by atoms with Gasteiger partial charge in [0.1, 0.15) is 0 Å². The Bertz CT molecular complexity index is 223. The summed E-state index contributed by atoms with van der Waals surface area (Å²) in [4.78, 5) is 0. The monoisotopic (exact) mass is 464 g/mol. The Labute approximate surface area is 132 Å². The summed E-state index contributed by atoms with van der Waals surface area (Å²) in [7, 11) is 0. The number of alkyl halides is 2. The van der Waals surface area contributed by atoms with Crippen LogP contribution in [0.2, 0.25) is 0 Å². The largest absolute Gasteiger partial charge is 0.353 e. The lowest BCUT2D eigenvalue weighted by Gasteiger charge is -2.22. The molecular formula is C13H22I2O2. The van der Waals surface area contributed by atoms with Crippen LogP contribution in [-0.4, -0.2) is 21.4 Å². The van der Waals surface area contributed by atoms with Crippen LogP contribution >= 0.6 is 45.2 Å². The van der Waals surface area contributed by atoms with Crippen molar-refractivity contribution in [3.63, 3.8) is 0 Å². The Balaban J connectivity index is 2.06. The first-order chi connectivity index (χ1) is 8.18. The predicted octanol–water partition coefficient (Wildman–Crippen LogP) is 4.84. The van der Waals surface area contributed by atoms with Gasteiger partial charge in [0.05, 0.1) is 8.54 Å². The minimum Gasteiger partial charge on any atom is -0.353 e. The van der Waals surface area contributed by atoms with Crippen molar-refractivity contribution in [3.8, 4) is 0 Å². The van der Waals surface area contributed by atoms with Gasteiger partial charge in [-0.15, -0.1) is 0 Å². The van der Waals surface area contributed by atoms with Crippen molar-refractivity contribution in [1.82, 2.24) is 0 Å². The van der Waals surface area contributed by atoms with Gasteiger partial charge in [0, 0.05) is 6.61 Å². The van der Waals surface area contributed by atoms with Crippen LogP contribution in [0.4, 0.5) is 0 Å². The molecule has 2 nitrogen and oxygen atoms in total. The quantitative estimate of drug-likeness (QED) is 0.233. The van der Waals surface area contributed by atoms with Crippen molar-refractivity contribution in [2.45, 2.75) is 53.7 Å². The number of unbranched alkanes of at least 4 members (excludes halogenated alkanes) is 1. The van der Waals surface area contributed by atoms with Crippen LogP contribution in [0, 0.1) is 0 Å². The maximum atomic E-state index is 5.73. The minimum atomic E-state index is 0.0418. The van der Waals surface area contributed by atoms with Crippen molar-refractivity contribution in [2.24, 2.45) is 0 Å². The van der Waals surface area contributed by atoms with E-state index in [0.29, 0.717) is 0 Å². The average molecular weight is 464 g/mol. The first-order valence-corrected chi connectivity index (χ1v) is 8.84. The molecular weight excluding hydrogens is 442 g/mol. The summed E-state index contributed by atoms with van der Waals surface area (Å²) in [5, 5.41) is 0. The molecule has 0 aliphatic carbocycles. The van der Waals surface area contributed by atoms with Crippen LogP contribution in [0.15, 0.2) is 11.6 Å². The molecule has 0 aromatic heterocycles. The molecule has 0 N–H and O–H groups in total. The minimum absolute atomic E-state index is 0.0418. The summed E-state index contributed by atoms with van der Waals surface area (Å²) in [6.45, 7) is 3.73. The number of allylic oxidation sites excluding steroid dienone is 1. The smallest absolute Gasteiger partial charge is 0.158 e. The normalized spacial score (nSPS) is 22.1. The Kier molecular flexibility index (Phi) is 9.49. The average Bonchev–Trinajstić information content (AvgIpc) is 2.33. The highest BCUT2D eigenvalue weighted by atomic mass is 127. The number of ether oxygens (including phenoxy) is 2. The van der Waals surface area contributed by atoms with E-state index in [2.05, 4.69) is 58.2 Å². The summed E-state index contributed by atoms with van der Waals surface area (Å²) >= 11 is 4.94. The Morgan fingerprint density at radius 2 is 2.29 bits per heavy atom. The molecule has 1 aliphatic rings. The fourth-order valence-corrected chi connectivity index (χ4v) is 2.63. The predicted molar refractivity (Wildman–Crippen MR) is 89.0 cm³/mol. The highest BCUT2D eigenvalue weighted by Gasteiger charge is 2.13. The first kappa shape index (κ1) is 16.2. The molecule has 100 valence electrons. The van der Waals surface area contributed by atoms with E-state index < -0.39 is 0 Å². The van der Waals surface area contributed by atoms with E-state index in [4.69, 9.17) is 9.47 Å². The lowest BCUT2D eigenvalue weighted by atomic mass is 10.2. The lowest BCUT2D eigenvalue weighted by molar-refractivity contribution is -0.156. The van der Waals surface area contributed by atoms with Crippen LogP contribution in [-0.2, 0) is 9.47 Å². The summed E-state index contributed by atoms with van der Waals surface area (Å²) in [6, 6.07) is 0. The van der Waals surface area contributed by atoms with Crippen molar-refractivity contribution in [2.75, 3.05) is 13.2 Å². The Hall–Kier alpha value is 1.12. The molecule has 0 amide bonds. The maximum absolute atomic E-state index is 5.73. The van der Waals surface area contributed by atoms with Gasteiger partial charge in [0.15, 0.2) is 6.29 Å². The van der Waals surface area contributed by atoms with Crippen LogP contribution in [0.1, 0.15) is 45.4 Å². The summed E-state index contributed by atoms with van der Waals surface area (Å²) in [6.07, 6.45) is 9.55. The Morgan fingerprint density at radius 3 is 2.94 bits per heavy atom. The molecule has 0 bridgehead atoms. The summed E-state index contributed by atoms with van der Waals surface area (Å²) < 4.78 is 12.0. The van der Waals surface area contributed by atoms with E-state index in [-0.39, 0.29) is 6.29 Å². The molecule has 1 saturated heterocycles. The van der Waals surface area contributed by atoms with E-state index >= 15 is 0 Å². The third-order valence-electron chi connectivity index (χ3n) is 2.75. The number of hydrogen-bond acceptors (Lipinski definition) is 2. The van der Waals surface area contributed by atoms with Gasteiger partial charge in [0.2, 0.25) is 0 Å². The molecule has 0 radical (unpaired) electrons. The van der Waals surface area contributed by atoms with Crippen molar-refractivity contribution in [1.29, 1.82) is 0 Å². The molecule has 17 heavy (non-hydrogen) atoms. The lowest BCUT2D eigenvalue weighted by Crippen LogP contribution is -2.22. The second-order valence-electron chi connectivity index (χ2n) is 4.48. The highest BCUT2D eigenvalue weighted by molar-refractivity contribution is 14.2. The number of hydrogen-bond donors (Lipinski definition) is 0. The second kappa shape index (κ2) is 9.97. The van der Waals surface area contributed by atoms with Gasteiger partial charge in [-0.3, -0.25) is 0 Å². The maximum Gasteiger partial charge on any atom is 0.158 e. The van der Waals surface area contributed by atoms with Gasteiger partial charge in [-0.05, 0) is 45.4 Å². The third kappa shape index (κ3) is 8.77. The van der Waals surface area contributed by atoms with Crippen LogP contribution in [0.3, 0.4) is 0 Å². The van der Waals surface area contributed by atoms with E-state index in [1.165, 1.54) is 37.7 Å². The molecule has 0 aromatic rings. The molecule has 1 unspecified atom stereocenters. The zero-order valence-electron chi connectivity index (χ0n) is 10.5. The molecule has 0 aromatic carbocycles. The van der Waals surface area contributed by atoms with Gasteiger partial charge in [-0.1, -0.05) is 56.8 Å². The summed E-state index contributed by atoms with van der Waals surface area (Å²) in [5.74, 6) is 0. The molecule has 4 heteroatoms. The van der Waals surface area contributed by atoms with Crippen molar-refractivity contribution >= 4 is 45.2 Å². The highest BCUT2D eigenvalue weighted by Crippen LogP contribution is 2.18. The zero-order valence-corrected chi connectivity index (χ0v) is 14.8. The SMILES string of the molecule is C/C(=C\CCCC(I)I)COC1CCCCO1. The first-order valence-electron chi connectivity index (χ1n) is 6.35. The molecule has 1 rings (SSSR count). The molecule has 1 atom stereocenters. The fourth-order valence-electron chi connectivity index (χ4n) is 1.75. The third-order valence-corrected chi connectivity index (χ3v) is 4.00. The molecule has 1 heterocycles. The van der Waals surface area contributed by atoms with E-state index in [1.807, 2.05) is 0 Å². The zero-order chi connectivity index (χ0) is 12.5. The number of halogens is 2. The van der Waals surface area contributed by atoms with Crippen LogP contribution < -0.4 is 0 Å². The molecule has 1 aliphatic heterocycles. The van der Waals surface area contributed by atoms with E-state index in [0.717, 1.165) is 21.6 Å². The molecule has 0 saturated carbocycles. The molecule has 0 spiro atoms. The standard InChI is InChI=1S/C13H22I2O2/c1-11(6-2-3-7-12(14)15)10-17-13-8-4-5-9-16-13/h6,12-13H,2-5,7-10H2,1H3/b11-6+. The van der Waals surface area contributed by atoms with Gasteiger partial charge in [-0.25, -0.2) is 0 Å². The van der Waals surface area contributed by atoms with Gasteiger partial charge < -0.3 is 9.47 Å². The Morgan fingerprint density at radius 1 is 1.47 bits per heavy atom. The van der Waals surface area contributed by atoms with Gasteiger partial charge in [-0.2, -0.15) is 0 Å². The van der Waals surface area contributed by atoms with Gasteiger partial charge in [0.25, 0.3) is 0 Å². The van der Waals surface area contributed by atoms with E-state index in [1.54, 1.807) is 0 Å².